The van der Waals surface area contributed by atoms with Gasteiger partial charge >= 0.3 is 5.97 Å². The third-order valence-electron chi connectivity index (χ3n) is 3.11. The van der Waals surface area contributed by atoms with Crippen LogP contribution in [0.5, 0.6) is 0 Å². The van der Waals surface area contributed by atoms with Gasteiger partial charge in [-0.05, 0) is 40.0 Å². The molecule has 1 aromatic rings. The van der Waals surface area contributed by atoms with E-state index in [1.165, 1.54) is 5.69 Å². The zero-order valence-corrected chi connectivity index (χ0v) is 11.1. The molecule has 1 heterocycles. The van der Waals surface area contributed by atoms with Crippen LogP contribution >= 0.6 is 0 Å². The van der Waals surface area contributed by atoms with Gasteiger partial charge in [-0.15, -0.1) is 0 Å². The van der Waals surface area contributed by atoms with Gasteiger partial charge in [-0.3, -0.25) is 9.69 Å². The van der Waals surface area contributed by atoms with Crippen LogP contribution in [0.25, 0.3) is 0 Å². The Hall–Kier alpha value is -1.29. The molecule has 4 nitrogen and oxygen atoms in total. The zero-order valence-electron chi connectivity index (χ0n) is 11.1. The molecule has 0 aromatic carbocycles. The molecule has 1 N–H and O–H groups in total. The summed E-state index contributed by atoms with van der Waals surface area (Å²) in [6, 6.07) is 4.02. The van der Waals surface area contributed by atoms with Gasteiger partial charge in [0.15, 0.2) is 0 Å². The average molecular weight is 238 g/mol. The molecule has 0 aliphatic rings. The number of nitrogens with one attached hydrogen (secondary N) is 1. The average Bonchev–Trinajstić information content (AvgIpc) is 2.78. The molecule has 0 atom stereocenters. The summed E-state index contributed by atoms with van der Waals surface area (Å²) >= 11 is 0. The number of carbonyl (C=O) groups is 1. The van der Waals surface area contributed by atoms with Gasteiger partial charge in [0.25, 0.3) is 0 Å². The highest BCUT2D eigenvalue weighted by Crippen LogP contribution is 2.15. The lowest BCUT2D eigenvalue weighted by molar-refractivity contribution is -0.154. The Bertz CT molecular complexity index is 344. The van der Waals surface area contributed by atoms with Crippen molar-refractivity contribution in [1.29, 1.82) is 0 Å². The maximum absolute atomic E-state index is 11.8. The summed E-state index contributed by atoms with van der Waals surface area (Å²) in [7, 11) is 1.94. The van der Waals surface area contributed by atoms with E-state index in [1.54, 1.807) is 0 Å². The van der Waals surface area contributed by atoms with Gasteiger partial charge in [0.2, 0.25) is 0 Å². The third kappa shape index (κ3) is 3.60. The second-order valence-electron chi connectivity index (χ2n) is 4.65. The number of ether oxygens (including phenoxy) is 1. The summed E-state index contributed by atoms with van der Waals surface area (Å²) in [4.78, 5) is 17.0. The summed E-state index contributed by atoms with van der Waals surface area (Å²) in [5, 5.41) is 0. The molecule has 0 aliphatic heterocycles. The van der Waals surface area contributed by atoms with Crippen molar-refractivity contribution in [3.05, 3.63) is 24.0 Å². The molecule has 17 heavy (non-hydrogen) atoms. The Morgan fingerprint density at radius 2 is 2.24 bits per heavy atom. The molecule has 96 valence electrons. The maximum Gasteiger partial charge on any atom is 0.325 e. The molecule has 1 rings (SSSR count). The first-order valence-electron chi connectivity index (χ1n) is 5.99. The Balaban J connectivity index is 2.50. The van der Waals surface area contributed by atoms with Crippen LogP contribution in [-0.4, -0.2) is 41.6 Å². The van der Waals surface area contributed by atoms with Gasteiger partial charge in [-0.1, -0.05) is 0 Å². The first-order valence-corrected chi connectivity index (χ1v) is 5.99. The van der Waals surface area contributed by atoms with Gasteiger partial charge in [-0.2, -0.15) is 0 Å². The lowest BCUT2D eigenvalue weighted by Gasteiger charge is -2.33. The van der Waals surface area contributed by atoms with Gasteiger partial charge in [-0.25, -0.2) is 0 Å². The quantitative estimate of drug-likeness (QED) is 0.769. The molecule has 0 bridgehead atoms. The highest BCUT2D eigenvalue weighted by atomic mass is 16.5. The van der Waals surface area contributed by atoms with Crippen molar-refractivity contribution >= 4 is 5.97 Å². The van der Waals surface area contributed by atoms with Gasteiger partial charge in [0, 0.05) is 24.9 Å². The number of likely N-dealkylation sites (N-methyl/N-ethyl adjacent to an activating group) is 1. The number of hydrogen-bond acceptors (Lipinski definition) is 3. The fourth-order valence-corrected chi connectivity index (χ4v) is 1.55. The van der Waals surface area contributed by atoms with E-state index in [0.717, 1.165) is 13.0 Å². The summed E-state index contributed by atoms with van der Waals surface area (Å²) in [6.07, 6.45) is 2.80. The van der Waals surface area contributed by atoms with E-state index in [4.69, 9.17) is 4.74 Å². The molecule has 0 fully saturated rings. The van der Waals surface area contributed by atoms with E-state index in [9.17, 15) is 4.79 Å². The predicted octanol–water partition coefficient (Wildman–Crippen LogP) is 1.83. The van der Waals surface area contributed by atoms with E-state index in [2.05, 4.69) is 4.98 Å². The summed E-state index contributed by atoms with van der Waals surface area (Å²) < 4.78 is 5.08. The molecule has 1 aromatic heterocycles. The van der Waals surface area contributed by atoms with Crippen LogP contribution in [0.3, 0.4) is 0 Å². The number of hydrogen-bond donors (Lipinski definition) is 1. The standard InChI is InChI=1S/C13H22N2O2/c1-5-17-12(16)13(2,3)15(4)10-8-11-7-6-9-14-11/h6-7,9,14H,5,8,10H2,1-4H3. The van der Waals surface area contributed by atoms with E-state index in [-0.39, 0.29) is 5.97 Å². The van der Waals surface area contributed by atoms with Crippen molar-refractivity contribution in [3.8, 4) is 0 Å². The lowest BCUT2D eigenvalue weighted by atomic mass is 10.0. The van der Waals surface area contributed by atoms with Crippen molar-refractivity contribution in [2.45, 2.75) is 32.7 Å². The normalized spacial score (nSPS) is 11.8. The molecule has 0 aliphatic carbocycles. The summed E-state index contributed by atoms with van der Waals surface area (Å²) in [6.45, 7) is 6.84. The molecule has 0 amide bonds. The van der Waals surface area contributed by atoms with E-state index < -0.39 is 5.54 Å². The Kier molecular flexibility index (Phi) is 4.75. The van der Waals surface area contributed by atoms with Crippen LogP contribution in [-0.2, 0) is 16.0 Å². The molecule has 0 saturated carbocycles. The maximum atomic E-state index is 11.8. The molecule has 0 spiro atoms. The molecule has 4 heteroatoms. The molecule has 0 unspecified atom stereocenters. The number of nitrogens with zero attached hydrogens (tertiary/aromatic N) is 1. The van der Waals surface area contributed by atoms with Gasteiger partial charge < -0.3 is 9.72 Å². The van der Waals surface area contributed by atoms with Crippen molar-refractivity contribution in [1.82, 2.24) is 9.88 Å². The van der Waals surface area contributed by atoms with Crippen LogP contribution in [0.15, 0.2) is 18.3 Å². The Labute approximate surface area is 103 Å². The summed E-state index contributed by atoms with van der Waals surface area (Å²) in [5.74, 6) is -0.172. The smallest absolute Gasteiger partial charge is 0.325 e. The number of aromatic nitrogens is 1. The van der Waals surface area contributed by atoms with Crippen molar-refractivity contribution in [2.24, 2.45) is 0 Å². The lowest BCUT2D eigenvalue weighted by Crippen LogP contribution is -2.49. The number of esters is 1. The monoisotopic (exact) mass is 238 g/mol. The minimum Gasteiger partial charge on any atom is -0.465 e. The van der Waals surface area contributed by atoms with E-state index in [0.29, 0.717) is 6.61 Å². The van der Waals surface area contributed by atoms with Crippen LogP contribution in [0.4, 0.5) is 0 Å². The minimum atomic E-state index is -0.581. The number of H-pyrrole nitrogens is 1. The van der Waals surface area contributed by atoms with Crippen molar-refractivity contribution in [3.63, 3.8) is 0 Å². The third-order valence-corrected chi connectivity index (χ3v) is 3.11. The number of carbonyl (C=O) groups excluding carboxylic acids is 1. The molecule has 0 radical (unpaired) electrons. The van der Waals surface area contributed by atoms with Crippen LogP contribution in [0.1, 0.15) is 26.5 Å². The second-order valence-corrected chi connectivity index (χ2v) is 4.65. The highest BCUT2D eigenvalue weighted by Gasteiger charge is 2.33. The number of rotatable bonds is 6. The molecular weight excluding hydrogens is 216 g/mol. The fraction of sp³-hybridized carbons (Fsp3) is 0.615. The molecular formula is C13H22N2O2. The fourth-order valence-electron chi connectivity index (χ4n) is 1.55. The predicted molar refractivity (Wildman–Crippen MR) is 67.8 cm³/mol. The van der Waals surface area contributed by atoms with Crippen molar-refractivity contribution in [2.75, 3.05) is 20.2 Å². The largest absolute Gasteiger partial charge is 0.465 e. The molecule has 0 saturated heterocycles. The zero-order chi connectivity index (χ0) is 12.9. The number of aromatic amines is 1. The Morgan fingerprint density at radius 1 is 1.53 bits per heavy atom. The van der Waals surface area contributed by atoms with Crippen LogP contribution in [0, 0.1) is 0 Å². The van der Waals surface area contributed by atoms with Gasteiger partial charge in [0.05, 0.1) is 6.61 Å². The Morgan fingerprint density at radius 3 is 2.76 bits per heavy atom. The first-order chi connectivity index (χ1) is 7.98. The first kappa shape index (κ1) is 13.8. The van der Waals surface area contributed by atoms with Crippen molar-refractivity contribution < 1.29 is 9.53 Å². The summed E-state index contributed by atoms with van der Waals surface area (Å²) in [5.41, 5.74) is 0.597. The topological polar surface area (TPSA) is 45.3 Å². The van der Waals surface area contributed by atoms with E-state index >= 15 is 0 Å². The minimum absolute atomic E-state index is 0.172. The highest BCUT2D eigenvalue weighted by molar-refractivity contribution is 5.79. The van der Waals surface area contributed by atoms with Crippen LogP contribution in [0.2, 0.25) is 0 Å². The van der Waals surface area contributed by atoms with Gasteiger partial charge in [0.1, 0.15) is 5.54 Å². The van der Waals surface area contributed by atoms with E-state index in [1.807, 2.05) is 51.0 Å². The SMILES string of the molecule is CCOC(=O)C(C)(C)N(C)CCc1ccc[nH]1. The second kappa shape index (κ2) is 5.87. The van der Waals surface area contributed by atoms with Crippen LogP contribution < -0.4 is 0 Å².